The van der Waals surface area contributed by atoms with E-state index in [9.17, 15) is 229 Å². The number of halogens is 52. The zero-order valence-electron chi connectivity index (χ0n) is 51.6. The number of carbonyl (C=O) groups excluding carboxylic acids is 1. The third-order valence-electron chi connectivity index (χ3n) is 14.9. The monoisotopic (exact) mass is 1790 g/mol. The summed E-state index contributed by atoms with van der Waals surface area (Å²) in [5.41, 5.74) is -2.77. The van der Waals surface area contributed by atoms with Crippen LogP contribution in [0.4, 0.5) is 224 Å². The molecule has 2 rings (SSSR count). The Morgan fingerprint density at radius 3 is 0.780 bits per heavy atom. The van der Waals surface area contributed by atoms with Crippen molar-refractivity contribution in [2.75, 3.05) is 19.8 Å². The van der Waals surface area contributed by atoms with E-state index < -0.39 is 253 Å². The number of hydrogen-bond acceptors (Lipinski definition) is 5. The van der Waals surface area contributed by atoms with Gasteiger partial charge in [0.15, 0.2) is 11.5 Å². The Kier molecular flexibility index (Phi) is 27.2. The molecule has 0 heterocycles. The Morgan fingerprint density at radius 1 is 0.321 bits per heavy atom. The standard InChI is InChI=1S/C52H36BrF51O5/c1-28(2,19-23(53)22-9-4-3-5-10-22)27(105)109-20-21-17-24(106-14-6-11-29(54,55)32(60,61)35(66,67)38(72,73)41(78,79)44(84,85)47(90,91)50(96,97)98)26(108-16-8-13-31(58,59)34(64,65)37(70,71)40(76,77)43(82,83)46(88,89)49(94,95)52(102,103)104)25(18-21)107-15-7-12-30(56,57)33(62,63)36(68,69)39(74,75)42(80,81)45(86,87)48(92,93)51(99,100)101/h3-5,9-10,17-18,23H,6-8,11-16,19-20H2,1-2H3. The SMILES string of the molecule is CC(C)(CC(Br)c1ccccc1)C(=O)OCc1cc(OCCCC(F)(F)C(F)(F)C(F)(F)C(F)(F)C(F)(F)C(F)(F)C(F)(F)C(F)(F)F)c(OCCCC(F)(F)C(F)(F)C(F)(F)C(F)(F)C(F)(F)C(F)(F)C(F)(F)C(F)(F)F)c(OCCCC(F)(F)C(F)(F)C(F)(F)C(F)(F)C(F)(F)C(F)(F)C(F)(F)C(F)(F)F)c1. The third kappa shape index (κ3) is 16.3. The van der Waals surface area contributed by atoms with Gasteiger partial charge in [-0.15, -0.1) is 0 Å². The first-order valence-corrected chi connectivity index (χ1v) is 28.5. The Bertz CT molecular complexity index is 3280. The van der Waals surface area contributed by atoms with Gasteiger partial charge in [-0.1, -0.05) is 46.3 Å². The Hall–Kier alpha value is -5.78. The molecule has 0 saturated carbocycles. The molecule has 0 bridgehead atoms. The van der Waals surface area contributed by atoms with Crippen LogP contribution in [-0.2, 0) is 16.1 Å². The first kappa shape index (κ1) is 99.3. The second-order valence-corrected chi connectivity index (χ2v) is 24.4. The molecule has 57 heteroatoms. The number of carbonyl (C=O) groups is 1. The minimum absolute atomic E-state index is 0.0787. The summed E-state index contributed by atoms with van der Waals surface area (Å²) in [6.07, 6.45) is -43.5. The predicted octanol–water partition coefficient (Wildman–Crippen LogP) is 23.8. The van der Waals surface area contributed by atoms with Crippen molar-refractivity contribution in [3.8, 4) is 17.2 Å². The quantitative estimate of drug-likeness (QED) is 0.0289. The summed E-state index contributed by atoms with van der Waals surface area (Å²) in [6, 6.07) is 6.84. The molecule has 0 N–H and O–H groups in total. The van der Waals surface area contributed by atoms with Gasteiger partial charge in [-0.2, -0.15) is 224 Å². The Balaban J connectivity index is 3.02. The second-order valence-electron chi connectivity index (χ2n) is 23.3. The lowest BCUT2D eigenvalue weighted by Crippen LogP contribution is -2.74. The highest BCUT2D eigenvalue weighted by molar-refractivity contribution is 9.09. The van der Waals surface area contributed by atoms with Crippen LogP contribution in [0.25, 0.3) is 0 Å². The fraction of sp³-hybridized carbons (Fsp3) is 0.750. The van der Waals surface area contributed by atoms with Crippen LogP contribution < -0.4 is 14.2 Å². The average Bonchev–Trinajstić information content (AvgIpc) is 0.706. The van der Waals surface area contributed by atoms with Gasteiger partial charge in [0, 0.05) is 24.1 Å². The molecule has 0 saturated heterocycles. The average molecular weight is 1790 g/mol. The van der Waals surface area contributed by atoms with Crippen LogP contribution in [0.5, 0.6) is 17.2 Å². The number of benzene rings is 2. The van der Waals surface area contributed by atoms with Crippen LogP contribution in [-0.4, -0.2) is 169 Å². The molecular weight excluding hydrogens is 1750 g/mol. The molecule has 638 valence electrons. The highest BCUT2D eigenvalue weighted by Gasteiger charge is 2.98. The van der Waals surface area contributed by atoms with E-state index in [0.29, 0.717) is 5.56 Å². The maximum atomic E-state index is 15.0. The van der Waals surface area contributed by atoms with Crippen LogP contribution >= 0.6 is 15.9 Å². The molecule has 2 aromatic carbocycles. The van der Waals surface area contributed by atoms with Crippen LogP contribution in [0.15, 0.2) is 42.5 Å². The van der Waals surface area contributed by atoms with E-state index in [1.54, 1.807) is 0 Å². The van der Waals surface area contributed by atoms with E-state index in [4.69, 9.17) is 4.74 Å². The van der Waals surface area contributed by atoms with Crippen molar-refractivity contribution < 1.29 is 248 Å². The van der Waals surface area contributed by atoms with Crippen molar-refractivity contribution in [1.29, 1.82) is 0 Å². The summed E-state index contributed by atoms with van der Waals surface area (Å²) >= 11 is 3.14. The molecule has 5 nitrogen and oxygen atoms in total. The molecule has 2 aromatic rings. The zero-order chi connectivity index (χ0) is 87.1. The largest absolute Gasteiger partial charge is 0.490 e. The van der Waals surface area contributed by atoms with Crippen LogP contribution in [0.1, 0.15) is 74.7 Å². The lowest BCUT2D eigenvalue weighted by atomic mass is 9.86. The molecule has 0 aliphatic heterocycles. The van der Waals surface area contributed by atoms with E-state index in [1.165, 1.54) is 30.3 Å². The summed E-state index contributed by atoms with van der Waals surface area (Å²) in [4.78, 5) is 12.5. The first-order valence-electron chi connectivity index (χ1n) is 27.6. The number of rotatable bonds is 39. The highest BCUT2D eigenvalue weighted by Crippen LogP contribution is 2.69. The van der Waals surface area contributed by atoms with Crippen molar-refractivity contribution in [3.63, 3.8) is 0 Å². The van der Waals surface area contributed by atoms with Crippen LogP contribution in [0, 0.1) is 5.41 Å². The van der Waals surface area contributed by atoms with E-state index >= 15 is 0 Å². The Morgan fingerprint density at radius 2 is 0.541 bits per heavy atom. The number of alkyl halides is 52. The van der Waals surface area contributed by atoms with Crippen molar-refractivity contribution in [3.05, 3.63) is 53.6 Å². The number of esters is 1. The Labute approximate surface area is 578 Å². The third-order valence-corrected chi connectivity index (χ3v) is 15.7. The number of ether oxygens (including phenoxy) is 4. The summed E-state index contributed by atoms with van der Waals surface area (Å²) in [5, 5.41) is 0. The molecular formula is C52H36BrF51O5. The summed E-state index contributed by atoms with van der Waals surface area (Å²) in [7, 11) is 0. The minimum Gasteiger partial charge on any atom is -0.490 e. The normalized spacial score (nSPS) is 16.0. The molecule has 0 spiro atoms. The van der Waals surface area contributed by atoms with Gasteiger partial charge in [-0.25, -0.2) is 0 Å². The van der Waals surface area contributed by atoms with Gasteiger partial charge in [0.2, 0.25) is 5.75 Å². The fourth-order valence-corrected chi connectivity index (χ4v) is 9.32. The molecule has 109 heavy (non-hydrogen) atoms. The van der Waals surface area contributed by atoms with E-state index in [-0.39, 0.29) is 12.1 Å². The summed E-state index contributed by atoms with van der Waals surface area (Å²) < 4.78 is 731. The van der Waals surface area contributed by atoms with Crippen molar-refractivity contribution >= 4 is 21.9 Å². The van der Waals surface area contributed by atoms with Gasteiger partial charge in [0.1, 0.15) is 6.61 Å². The van der Waals surface area contributed by atoms with Crippen LogP contribution in [0.2, 0.25) is 0 Å². The number of hydrogen-bond donors (Lipinski definition) is 0. The molecule has 1 unspecified atom stereocenters. The van der Waals surface area contributed by atoms with Crippen molar-refractivity contribution in [2.24, 2.45) is 5.41 Å². The molecule has 0 fully saturated rings. The van der Waals surface area contributed by atoms with Gasteiger partial charge in [-0.3, -0.25) is 4.79 Å². The second kappa shape index (κ2) is 29.9. The molecule has 0 aliphatic rings. The maximum absolute atomic E-state index is 15.0. The van der Waals surface area contributed by atoms with E-state index in [1.807, 2.05) is 0 Å². The van der Waals surface area contributed by atoms with Gasteiger partial charge in [-0.05, 0) is 62.8 Å². The van der Waals surface area contributed by atoms with Gasteiger partial charge in [0.25, 0.3) is 0 Å². The summed E-state index contributed by atoms with van der Waals surface area (Å²) in [5.74, 6) is -191. The minimum atomic E-state index is -9.26. The fourth-order valence-electron chi connectivity index (χ4n) is 8.21. The highest BCUT2D eigenvalue weighted by atomic mass is 79.9. The topological polar surface area (TPSA) is 54.0 Å². The maximum Gasteiger partial charge on any atom is 0.460 e. The van der Waals surface area contributed by atoms with Crippen molar-refractivity contribution in [2.45, 2.75) is 213 Å². The first-order chi connectivity index (χ1) is 47.5. The molecule has 0 amide bonds. The zero-order valence-corrected chi connectivity index (χ0v) is 53.2. The molecule has 0 aliphatic carbocycles. The lowest BCUT2D eigenvalue weighted by molar-refractivity contribution is -0.461. The molecule has 0 aromatic heterocycles. The van der Waals surface area contributed by atoms with Gasteiger partial charge >= 0.3 is 149 Å². The predicted molar refractivity (Wildman–Crippen MR) is 259 cm³/mol. The van der Waals surface area contributed by atoms with Gasteiger partial charge < -0.3 is 18.9 Å². The van der Waals surface area contributed by atoms with Gasteiger partial charge in [0.05, 0.1) is 25.2 Å². The smallest absolute Gasteiger partial charge is 0.460 e. The molecule has 1 atom stereocenters. The lowest BCUT2D eigenvalue weighted by Gasteiger charge is -2.42. The molecule has 0 radical (unpaired) electrons. The van der Waals surface area contributed by atoms with E-state index in [2.05, 4.69) is 30.1 Å². The van der Waals surface area contributed by atoms with Crippen LogP contribution in [0.3, 0.4) is 0 Å². The van der Waals surface area contributed by atoms with E-state index in [0.717, 1.165) is 13.8 Å². The van der Waals surface area contributed by atoms with Crippen molar-refractivity contribution in [1.82, 2.24) is 0 Å². The summed E-state index contributed by atoms with van der Waals surface area (Å²) in [6.45, 7) is -6.85.